The van der Waals surface area contributed by atoms with Crippen LogP contribution in [0.3, 0.4) is 0 Å². The van der Waals surface area contributed by atoms with Crippen LogP contribution in [0.2, 0.25) is 0 Å². The van der Waals surface area contributed by atoms with Crippen LogP contribution in [-0.2, 0) is 19.6 Å². The first-order valence-corrected chi connectivity index (χ1v) is 10.6. The smallest absolute Gasteiger partial charge is 0.262 e. The second kappa shape index (κ2) is 8.72. The number of hydrogen-bond acceptors (Lipinski definition) is 5. The normalized spacial score (nSPS) is 15.2. The molecule has 2 aromatic rings. The Kier molecular flexibility index (Phi) is 6.33. The Labute approximate surface area is 165 Å². The second-order valence-electron chi connectivity index (χ2n) is 6.89. The van der Waals surface area contributed by atoms with E-state index in [-0.39, 0.29) is 10.8 Å². The van der Waals surface area contributed by atoms with Crippen LogP contribution in [0.4, 0.5) is 11.4 Å². The third kappa shape index (κ3) is 5.31. The highest BCUT2D eigenvalue weighted by molar-refractivity contribution is 7.92. The minimum atomic E-state index is -3.67. The highest BCUT2D eigenvalue weighted by Crippen LogP contribution is 2.21. The molecule has 1 saturated heterocycles. The van der Waals surface area contributed by atoms with Crippen LogP contribution in [0.25, 0.3) is 0 Å². The van der Waals surface area contributed by atoms with E-state index in [2.05, 4.69) is 10.0 Å². The van der Waals surface area contributed by atoms with Crippen LogP contribution >= 0.6 is 0 Å². The summed E-state index contributed by atoms with van der Waals surface area (Å²) in [5.74, 6) is -0.106. The topological polar surface area (TPSA) is 87.7 Å². The maximum atomic E-state index is 12.6. The summed E-state index contributed by atoms with van der Waals surface area (Å²) in [4.78, 5) is 14.4. The van der Waals surface area contributed by atoms with Crippen molar-refractivity contribution in [2.24, 2.45) is 0 Å². The van der Waals surface area contributed by atoms with Crippen LogP contribution in [-0.4, -0.2) is 52.1 Å². The highest BCUT2D eigenvalue weighted by Gasteiger charge is 2.17. The molecule has 2 aromatic carbocycles. The van der Waals surface area contributed by atoms with E-state index in [0.717, 1.165) is 18.7 Å². The van der Waals surface area contributed by atoms with E-state index in [9.17, 15) is 13.2 Å². The summed E-state index contributed by atoms with van der Waals surface area (Å²) in [6.07, 6.45) is 0. The molecule has 1 aliphatic heterocycles. The third-order valence-electron chi connectivity index (χ3n) is 4.51. The van der Waals surface area contributed by atoms with E-state index in [4.69, 9.17) is 4.74 Å². The van der Waals surface area contributed by atoms with Crippen molar-refractivity contribution in [1.29, 1.82) is 0 Å². The number of hydrogen-bond donors (Lipinski definition) is 2. The SMILES string of the molecule is Cc1ccc(S(=O)(=O)Nc2ccc(NC(=O)CN3CCOCC3)cc2)c(C)c1. The predicted octanol–water partition coefficient (Wildman–Crippen LogP) is 2.37. The monoisotopic (exact) mass is 403 g/mol. The van der Waals surface area contributed by atoms with Gasteiger partial charge >= 0.3 is 0 Å². The summed E-state index contributed by atoms with van der Waals surface area (Å²) in [6.45, 7) is 6.77. The lowest BCUT2D eigenvalue weighted by Crippen LogP contribution is -2.41. The number of benzene rings is 2. The van der Waals surface area contributed by atoms with E-state index in [1.807, 2.05) is 17.9 Å². The molecule has 0 atom stereocenters. The molecule has 1 aliphatic rings. The van der Waals surface area contributed by atoms with Gasteiger partial charge in [-0.3, -0.25) is 14.4 Å². The lowest BCUT2D eigenvalue weighted by Gasteiger charge is -2.25. The minimum Gasteiger partial charge on any atom is -0.379 e. The molecule has 0 saturated carbocycles. The first-order chi connectivity index (χ1) is 13.3. The van der Waals surface area contributed by atoms with E-state index < -0.39 is 10.0 Å². The van der Waals surface area contributed by atoms with Crippen LogP contribution in [0.1, 0.15) is 11.1 Å². The van der Waals surface area contributed by atoms with E-state index in [1.54, 1.807) is 43.3 Å². The standard InChI is InChI=1S/C20H25N3O4S/c1-15-3-8-19(16(2)13-15)28(25,26)22-18-6-4-17(5-7-18)21-20(24)14-23-9-11-27-12-10-23/h3-8,13,22H,9-12,14H2,1-2H3,(H,21,24). The van der Waals surface area contributed by atoms with Crippen molar-refractivity contribution in [3.63, 3.8) is 0 Å². The molecular weight excluding hydrogens is 378 g/mol. The molecule has 0 bridgehead atoms. The van der Waals surface area contributed by atoms with Gasteiger partial charge in [0, 0.05) is 24.5 Å². The number of anilines is 2. The summed E-state index contributed by atoms with van der Waals surface area (Å²) in [5, 5.41) is 2.83. The van der Waals surface area contributed by atoms with Crippen molar-refractivity contribution in [2.45, 2.75) is 18.7 Å². The molecule has 0 spiro atoms. The number of carbonyl (C=O) groups excluding carboxylic acids is 1. The zero-order valence-electron chi connectivity index (χ0n) is 16.1. The van der Waals surface area contributed by atoms with Gasteiger partial charge in [0.25, 0.3) is 10.0 Å². The number of amides is 1. The molecule has 2 N–H and O–H groups in total. The first kappa shape index (κ1) is 20.3. The van der Waals surface area contributed by atoms with E-state index >= 15 is 0 Å². The Morgan fingerprint density at radius 3 is 2.32 bits per heavy atom. The van der Waals surface area contributed by atoms with Crippen LogP contribution in [0.5, 0.6) is 0 Å². The number of nitrogens with zero attached hydrogens (tertiary/aromatic N) is 1. The average molecular weight is 404 g/mol. The maximum absolute atomic E-state index is 12.6. The van der Waals surface area contributed by atoms with Crippen molar-refractivity contribution in [3.05, 3.63) is 53.6 Å². The van der Waals surface area contributed by atoms with Gasteiger partial charge in [-0.15, -0.1) is 0 Å². The molecule has 0 unspecified atom stereocenters. The highest BCUT2D eigenvalue weighted by atomic mass is 32.2. The fourth-order valence-electron chi connectivity index (χ4n) is 3.10. The average Bonchev–Trinajstić information content (AvgIpc) is 2.63. The molecule has 0 aliphatic carbocycles. The van der Waals surface area contributed by atoms with Crippen molar-refractivity contribution in [2.75, 3.05) is 42.9 Å². The summed E-state index contributed by atoms with van der Waals surface area (Å²) >= 11 is 0. The van der Waals surface area contributed by atoms with Crippen molar-refractivity contribution in [3.8, 4) is 0 Å². The molecule has 0 aromatic heterocycles. The van der Waals surface area contributed by atoms with Gasteiger partial charge in [-0.25, -0.2) is 8.42 Å². The Morgan fingerprint density at radius 1 is 1.04 bits per heavy atom. The molecule has 0 radical (unpaired) electrons. The molecule has 1 heterocycles. The number of ether oxygens (including phenoxy) is 1. The largest absolute Gasteiger partial charge is 0.379 e. The number of morpholine rings is 1. The van der Waals surface area contributed by atoms with Crippen molar-refractivity contribution in [1.82, 2.24) is 4.90 Å². The number of aryl methyl sites for hydroxylation is 2. The van der Waals surface area contributed by atoms with Gasteiger partial charge in [0.2, 0.25) is 5.91 Å². The van der Waals surface area contributed by atoms with Gasteiger partial charge in [-0.2, -0.15) is 0 Å². The minimum absolute atomic E-state index is 0.106. The Balaban J connectivity index is 1.61. The van der Waals surface area contributed by atoms with Gasteiger partial charge in [-0.1, -0.05) is 17.7 Å². The van der Waals surface area contributed by atoms with Gasteiger partial charge < -0.3 is 10.1 Å². The van der Waals surface area contributed by atoms with Crippen LogP contribution < -0.4 is 10.0 Å². The van der Waals surface area contributed by atoms with Crippen LogP contribution in [0, 0.1) is 13.8 Å². The molecule has 1 amide bonds. The zero-order chi connectivity index (χ0) is 20.1. The molecule has 3 rings (SSSR count). The molecule has 8 heteroatoms. The third-order valence-corrected chi connectivity index (χ3v) is 6.05. The first-order valence-electron chi connectivity index (χ1n) is 9.13. The summed E-state index contributed by atoms with van der Waals surface area (Å²) in [5.41, 5.74) is 2.76. The van der Waals surface area contributed by atoms with Gasteiger partial charge in [-0.05, 0) is 49.7 Å². The second-order valence-corrected chi connectivity index (χ2v) is 8.54. The Hall–Kier alpha value is -2.42. The molecule has 1 fully saturated rings. The quantitative estimate of drug-likeness (QED) is 0.773. The predicted molar refractivity (Wildman–Crippen MR) is 109 cm³/mol. The number of carbonyl (C=O) groups is 1. The number of sulfonamides is 1. The summed E-state index contributed by atoms with van der Waals surface area (Å²) in [7, 11) is -3.67. The molecular formula is C20H25N3O4S. The van der Waals surface area contributed by atoms with Crippen molar-refractivity contribution >= 4 is 27.3 Å². The molecule has 150 valence electrons. The van der Waals surface area contributed by atoms with Gasteiger partial charge in [0.1, 0.15) is 0 Å². The van der Waals surface area contributed by atoms with Gasteiger partial charge in [0.15, 0.2) is 0 Å². The Morgan fingerprint density at radius 2 is 1.68 bits per heavy atom. The maximum Gasteiger partial charge on any atom is 0.262 e. The Bertz CT molecular complexity index is 936. The van der Waals surface area contributed by atoms with Gasteiger partial charge in [0.05, 0.1) is 24.7 Å². The lowest BCUT2D eigenvalue weighted by molar-refractivity contribution is -0.118. The fourth-order valence-corrected chi connectivity index (χ4v) is 4.38. The molecule has 7 nitrogen and oxygen atoms in total. The summed E-state index contributed by atoms with van der Waals surface area (Å²) in [6, 6.07) is 11.8. The summed E-state index contributed by atoms with van der Waals surface area (Å²) < 4.78 is 33.1. The van der Waals surface area contributed by atoms with Crippen molar-refractivity contribution < 1.29 is 17.9 Å². The lowest BCUT2D eigenvalue weighted by atomic mass is 10.2. The zero-order valence-corrected chi connectivity index (χ0v) is 16.9. The number of nitrogens with one attached hydrogen (secondary N) is 2. The number of rotatable bonds is 6. The van der Waals surface area contributed by atoms with Crippen LogP contribution in [0.15, 0.2) is 47.4 Å². The van der Waals surface area contributed by atoms with E-state index in [1.165, 1.54) is 0 Å². The fraction of sp³-hybridized carbons (Fsp3) is 0.350. The van der Waals surface area contributed by atoms with E-state index in [0.29, 0.717) is 36.7 Å². The molecule has 28 heavy (non-hydrogen) atoms.